The highest BCUT2D eigenvalue weighted by molar-refractivity contribution is 9.10. The summed E-state index contributed by atoms with van der Waals surface area (Å²) in [4.78, 5) is 1.00. The third-order valence-electron chi connectivity index (χ3n) is 1.56. The molecule has 0 N–H and O–H groups in total. The van der Waals surface area contributed by atoms with Gasteiger partial charge in [-0.15, -0.1) is 12.6 Å². The number of aryl methyl sites for hydroxylation is 2. The molecule has 0 nitrogen and oxygen atoms in total. The normalized spacial score (nSPS) is 8.83. The Morgan fingerprint density at radius 1 is 1.08 bits per heavy atom. The molecule has 68 valence electrons. The summed E-state index contributed by atoms with van der Waals surface area (Å²) in [5.41, 5.74) is 2.58. The predicted molar refractivity (Wildman–Crippen MR) is 62.2 cm³/mol. The Kier molecular flexibility index (Phi) is 5.68. The van der Waals surface area contributed by atoms with Gasteiger partial charge in [-0.3, -0.25) is 0 Å². The van der Waals surface area contributed by atoms with E-state index in [4.69, 9.17) is 0 Å². The van der Waals surface area contributed by atoms with Crippen LogP contribution in [0, 0.1) is 13.8 Å². The van der Waals surface area contributed by atoms with Gasteiger partial charge in [0.25, 0.3) is 0 Å². The number of benzene rings is 1. The van der Waals surface area contributed by atoms with Gasteiger partial charge in [-0.25, -0.2) is 0 Å². The third-order valence-corrected chi connectivity index (χ3v) is 2.90. The molecule has 0 fully saturated rings. The lowest BCUT2D eigenvalue weighted by molar-refractivity contribution is 1.26. The van der Waals surface area contributed by atoms with Crippen molar-refractivity contribution in [1.29, 1.82) is 0 Å². The predicted octanol–water partition coefficient (Wildman–Crippen LogP) is 4.38. The standard InChI is InChI=1S/C8H9BrS.C2H6/c1-5-3-7(9)8(10)4-6(5)2;1-2/h3-4,10H,1-2H3;1-2H3. The maximum absolute atomic E-state index is 4.27. The molecule has 1 aromatic rings. The largest absolute Gasteiger partial charge is 0.142 e. The van der Waals surface area contributed by atoms with E-state index in [2.05, 4.69) is 54.5 Å². The number of rotatable bonds is 0. The molecule has 0 unspecified atom stereocenters. The second-order valence-corrected chi connectivity index (χ2v) is 3.72. The van der Waals surface area contributed by atoms with Crippen LogP contribution in [0.4, 0.5) is 0 Å². The minimum Gasteiger partial charge on any atom is -0.142 e. The Morgan fingerprint density at radius 2 is 1.50 bits per heavy atom. The minimum absolute atomic E-state index is 1.00. The van der Waals surface area contributed by atoms with Gasteiger partial charge in [-0.2, -0.15) is 0 Å². The highest BCUT2D eigenvalue weighted by Crippen LogP contribution is 2.23. The molecule has 0 aliphatic heterocycles. The minimum atomic E-state index is 1.00. The van der Waals surface area contributed by atoms with Crippen molar-refractivity contribution in [3.63, 3.8) is 0 Å². The summed E-state index contributed by atoms with van der Waals surface area (Å²) < 4.78 is 1.07. The maximum Gasteiger partial charge on any atom is 0.0311 e. The van der Waals surface area contributed by atoms with Crippen molar-refractivity contribution >= 4 is 28.6 Å². The molecule has 0 aliphatic carbocycles. The highest BCUT2D eigenvalue weighted by atomic mass is 79.9. The van der Waals surface area contributed by atoms with Gasteiger partial charge in [0.15, 0.2) is 0 Å². The lowest BCUT2D eigenvalue weighted by Gasteiger charge is -2.02. The van der Waals surface area contributed by atoms with Crippen molar-refractivity contribution < 1.29 is 0 Å². The highest BCUT2D eigenvalue weighted by Gasteiger charge is 1.97. The van der Waals surface area contributed by atoms with Gasteiger partial charge in [0.2, 0.25) is 0 Å². The van der Waals surface area contributed by atoms with Crippen LogP contribution < -0.4 is 0 Å². The van der Waals surface area contributed by atoms with E-state index in [0.717, 1.165) is 9.37 Å². The topological polar surface area (TPSA) is 0 Å². The maximum atomic E-state index is 4.27. The zero-order valence-corrected chi connectivity index (χ0v) is 10.5. The number of hydrogen-bond acceptors (Lipinski definition) is 1. The summed E-state index contributed by atoms with van der Waals surface area (Å²) in [6.07, 6.45) is 0. The van der Waals surface area contributed by atoms with Gasteiger partial charge in [-0.05, 0) is 53.0 Å². The molecule has 0 heterocycles. The first-order chi connectivity index (χ1) is 5.61. The average molecular weight is 247 g/mol. The summed E-state index contributed by atoms with van der Waals surface area (Å²) in [6, 6.07) is 4.14. The van der Waals surface area contributed by atoms with Crippen LogP contribution in [0.25, 0.3) is 0 Å². The Morgan fingerprint density at radius 3 is 1.92 bits per heavy atom. The van der Waals surface area contributed by atoms with E-state index in [1.54, 1.807) is 0 Å². The molecule has 0 aromatic heterocycles. The van der Waals surface area contributed by atoms with Crippen LogP contribution in [0.5, 0.6) is 0 Å². The SMILES string of the molecule is CC.Cc1cc(S)c(Br)cc1C. The zero-order chi connectivity index (χ0) is 9.72. The Hall–Kier alpha value is 0.0500. The van der Waals surface area contributed by atoms with Crippen molar-refractivity contribution in [1.82, 2.24) is 0 Å². The third kappa shape index (κ3) is 3.20. The Balaban J connectivity index is 0.000000561. The van der Waals surface area contributed by atoms with E-state index < -0.39 is 0 Å². The molecule has 0 saturated heterocycles. The quantitative estimate of drug-likeness (QED) is 0.646. The van der Waals surface area contributed by atoms with Gasteiger partial charge in [0.1, 0.15) is 0 Å². The molecule has 0 aliphatic rings. The molecule has 2 heteroatoms. The van der Waals surface area contributed by atoms with Crippen molar-refractivity contribution in [2.24, 2.45) is 0 Å². The molecule has 1 aromatic carbocycles. The number of hydrogen-bond donors (Lipinski definition) is 1. The second kappa shape index (κ2) is 5.65. The summed E-state index contributed by atoms with van der Waals surface area (Å²) in [5, 5.41) is 0. The fraction of sp³-hybridized carbons (Fsp3) is 0.400. The Labute approximate surface area is 88.9 Å². The van der Waals surface area contributed by atoms with Crippen LogP contribution in [0.1, 0.15) is 25.0 Å². The van der Waals surface area contributed by atoms with Gasteiger partial charge in [-0.1, -0.05) is 13.8 Å². The molecule has 12 heavy (non-hydrogen) atoms. The molecule has 0 saturated carbocycles. The lowest BCUT2D eigenvalue weighted by Crippen LogP contribution is -1.80. The van der Waals surface area contributed by atoms with Crippen LogP contribution in [-0.4, -0.2) is 0 Å². The smallest absolute Gasteiger partial charge is 0.0311 e. The molecular weight excluding hydrogens is 232 g/mol. The van der Waals surface area contributed by atoms with Crippen LogP contribution >= 0.6 is 28.6 Å². The van der Waals surface area contributed by atoms with Crippen LogP contribution in [-0.2, 0) is 0 Å². The van der Waals surface area contributed by atoms with E-state index in [1.807, 2.05) is 13.8 Å². The first-order valence-corrected chi connectivity index (χ1v) is 5.31. The van der Waals surface area contributed by atoms with Crippen LogP contribution in [0.15, 0.2) is 21.5 Å². The first kappa shape index (κ1) is 12.0. The molecule has 0 atom stereocenters. The van der Waals surface area contributed by atoms with Gasteiger partial charge < -0.3 is 0 Å². The van der Waals surface area contributed by atoms with Crippen LogP contribution in [0.2, 0.25) is 0 Å². The van der Waals surface area contributed by atoms with Crippen molar-refractivity contribution in [2.75, 3.05) is 0 Å². The summed E-state index contributed by atoms with van der Waals surface area (Å²) in [7, 11) is 0. The van der Waals surface area contributed by atoms with Crippen molar-refractivity contribution in [2.45, 2.75) is 32.6 Å². The molecule has 0 bridgehead atoms. The fourth-order valence-corrected chi connectivity index (χ4v) is 1.48. The van der Waals surface area contributed by atoms with E-state index in [0.29, 0.717) is 0 Å². The van der Waals surface area contributed by atoms with Crippen LogP contribution in [0.3, 0.4) is 0 Å². The molecule has 1 rings (SSSR count). The van der Waals surface area contributed by atoms with Crippen molar-refractivity contribution in [3.05, 3.63) is 27.7 Å². The van der Waals surface area contributed by atoms with Crippen molar-refractivity contribution in [3.8, 4) is 0 Å². The zero-order valence-electron chi connectivity index (χ0n) is 7.98. The summed E-state index contributed by atoms with van der Waals surface area (Å²) in [6.45, 7) is 8.18. The number of thiol groups is 1. The lowest BCUT2D eigenvalue weighted by atomic mass is 10.1. The van der Waals surface area contributed by atoms with E-state index in [9.17, 15) is 0 Å². The molecular formula is C10H15BrS. The van der Waals surface area contributed by atoms with E-state index in [-0.39, 0.29) is 0 Å². The number of halogens is 1. The average Bonchev–Trinajstić information content (AvgIpc) is 2.05. The van der Waals surface area contributed by atoms with E-state index >= 15 is 0 Å². The summed E-state index contributed by atoms with van der Waals surface area (Å²) >= 11 is 7.67. The van der Waals surface area contributed by atoms with Gasteiger partial charge in [0.05, 0.1) is 0 Å². The molecule has 0 spiro atoms. The fourth-order valence-electron chi connectivity index (χ4n) is 0.766. The molecule has 0 radical (unpaired) electrons. The second-order valence-electron chi connectivity index (χ2n) is 2.39. The van der Waals surface area contributed by atoms with Gasteiger partial charge in [0, 0.05) is 9.37 Å². The monoisotopic (exact) mass is 246 g/mol. The first-order valence-electron chi connectivity index (χ1n) is 4.07. The Bertz CT molecular complexity index is 206. The summed E-state index contributed by atoms with van der Waals surface area (Å²) in [5.74, 6) is 0. The van der Waals surface area contributed by atoms with Gasteiger partial charge >= 0.3 is 0 Å². The molecule has 0 amide bonds. The van der Waals surface area contributed by atoms with E-state index in [1.165, 1.54) is 11.1 Å².